The van der Waals surface area contributed by atoms with E-state index in [0.29, 0.717) is 12.5 Å². The largest absolute Gasteiger partial charge is 0.355 e. The summed E-state index contributed by atoms with van der Waals surface area (Å²) in [6.45, 7) is 6.70. The maximum absolute atomic E-state index is 12.0. The van der Waals surface area contributed by atoms with E-state index in [1.807, 2.05) is 38.1 Å². The van der Waals surface area contributed by atoms with Crippen LogP contribution in [0.5, 0.6) is 0 Å². The highest BCUT2D eigenvalue weighted by Gasteiger charge is 2.17. The van der Waals surface area contributed by atoms with Crippen molar-refractivity contribution in [3.63, 3.8) is 0 Å². The number of hydrogen-bond acceptors (Lipinski definition) is 4. The summed E-state index contributed by atoms with van der Waals surface area (Å²) in [5, 5.41) is 8.92. The lowest BCUT2D eigenvalue weighted by Crippen LogP contribution is -2.33. The molecule has 1 aromatic carbocycles. The van der Waals surface area contributed by atoms with Crippen molar-refractivity contribution in [3.05, 3.63) is 29.8 Å². The van der Waals surface area contributed by atoms with Crippen LogP contribution in [-0.2, 0) is 9.59 Å². The van der Waals surface area contributed by atoms with Crippen LogP contribution < -0.4 is 16.0 Å². The van der Waals surface area contributed by atoms with Crippen molar-refractivity contribution in [2.24, 2.45) is 5.92 Å². The first-order chi connectivity index (χ1) is 11.5. The topological polar surface area (TPSA) is 70.2 Å². The Hall–Kier alpha value is -1.53. The van der Waals surface area contributed by atoms with E-state index in [-0.39, 0.29) is 22.8 Å². The summed E-state index contributed by atoms with van der Waals surface area (Å²) >= 11 is 1.36. The Morgan fingerprint density at radius 1 is 1.33 bits per heavy atom. The van der Waals surface area contributed by atoms with Gasteiger partial charge in [0.25, 0.3) is 0 Å². The molecule has 1 fully saturated rings. The third-order valence-corrected chi connectivity index (χ3v) is 5.33. The predicted octanol–water partition coefficient (Wildman–Crippen LogP) is 2.17. The van der Waals surface area contributed by atoms with Crippen molar-refractivity contribution in [2.45, 2.75) is 31.9 Å². The van der Waals surface area contributed by atoms with E-state index < -0.39 is 0 Å². The molecule has 3 N–H and O–H groups in total. The number of carbonyl (C=O) groups excluding carboxylic acids is 2. The van der Waals surface area contributed by atoms with Gasteiger partial charge in [-0.3, -0.25) is 9.59 Å². The number of aryl methyl sites for hydroxylation is 1. The molecule has 0 aromatic heterocycles. The Balaban J connectivity index is 1.61. The van der Waals surface area contributed by atoms with E-state index >= 15 is 0 Å². The van der Waals surface area contributed by atoms with Gasteiger partial charge >= 0.3 is 0 Å². The summed E-state index contributed by atoms with van der Waals surface area (Å²) < 4.78 is 0. The average molecular weight is 350 g/mol. The summed E-state index contributed by atoms with van der Waals surface area (Å²) in [5.41, 5.74) is 1.94. The number of thioether (sulfide) groups is 1. The number of rotatable bonds is 8. The molecular formula is C18H27N3O2S. The summed E-state index contributed by atoms with van der Waals surface area (Å²) in [5.74, 6) is 0.873. The Bertz CT molecular complexity index is 542. The molecule has 5 nitrogen and oxygen atoms in total. The Morgan fingerprint density at radius 2 is 2.08 bits per heavy atom. The SMILES string of the molecule is Cc1ccc(NC(=O)CSC(C)C(=O)NCCC2CCNC2)cc1. The van der Waals surface area contributed by atoms with Gasteiger partial charge in [0.1, 0.15) is 0 Å². The zero-order valence-electron chi connectivity index (χ0n) is 14.4. The highest BCUT2D eigenvalue weighted by molar-refractivity contribution is 8.01. The molecule has 2 amide bonds. The van der Waals surface area contributed by atoms with Crippen molar-refractivity contribution in [3.8, 4) is 0 Å². The lowest BCUT2D eigenvalue weighted by molar-refractivity contribution is -0.120. The second-order valence-electron chi connectivity index (χ2n) is 6.31. The lowest BCUT2D eigenvalue weighted by Gasteiger charge is -2.13. The molecular weight excluding hydrogens is 322 g/mol. The smallest absolute Gasteiger partial charge is 0.234 e. The molecule has 1 aromatic rings. The van der Waals surface area contributed by atoms with Gasteiger partial charge in [-0.05, 0) is 57.8 Å². The molecule has 24 heavy (non-hydrogen) atoms. The predicted molar refractivity (Wildman–Crippen MR) is 100 cm³/mol. The second-order valence-corrected chi connectivity index (χ2v) is 7.64. The van der Waals surface area contributed by atoms with Crippen LogP contribution >= 0.6 is 11.8 Å². The summed E-state index contributed by atoms with van der Waals surface area (Å²) in [4.78, 5) is 24.0. The number of anilines is 1. The van der Waals surface area contributed by atoms with Crippen LogP contribution in [-0.4, -0.2) is 42.5 Å². The van der Waals surface area contributed by atoms with Gasteiger partial charge in [0.2, 0.25) is 11.8 Å². The van der Waals surface area contributed by atoms with Crippen LogP contribution in [0.3, 0.4) is 0 Å². The van der Waals surface area contributed by atoms with Gasteiger partial charge in [0.15, 0.2) is 0 Å². The minimum atomic E-state index is -0.226. The van der Waals surface area contributed by atoms with E-state index in [1.165, 1.54) is 18.2 Å². The molecule has 1 aliphatic rings. The van der Waals surface area contributed by atoms with Crippen LogP contribution in [0.2, 0.25) is 0 Å². The molecule has 0 aliphatic carbocycles. The first-order valence-electron chi connectivity index (χ1n) is 8.51. The van der Waals surface area contributed by atoms with Crippen molar-refractivity contribution < 1.29 is 9.59 Å². The van der Waals surface area contributed by atoms with Gasteiger partial charge in [0.05, 0.1) is 11.0 Å². The molecule has 0 saturated carbocycles. The second kappa shape index (κ2) is 9.69. The quantitative estimate of drug-likeness (QED) is 0.673. The maximum atomic E-state index is 12.0. The summed E-state index contributed by atoms with van der Waals surface area (Å²) in [6, 6.07) is 7.68. The molecule has 2 rings (SSSR count). The third-order valence-electron chi connectivity index (χ3n) is 4.18. The molecule has 0 spiro atoms. The Labute approximate surface area is 148 Å². The molecule has 0 bridgehead atoms. The third kappa shape index (κ3) is 6.53. The first-order valence-corrected chi connectivity index (χ1v) is 9.56. The highest BCUT2D eigenvalue weighted by Crippen LogP contribution is 2.14. The lowest BCUT2D eigenvalue weighted by atomic mass is 10.1. The van der Waals surface area contributed by atoms with Crippen molar-refractivity contribution in [2.75, 3.05) is 30.7 Å². The average Bonchev–Trinajstić information content (AvgIpc) is 3.08. The van der Waals surface area contributed by atoms with Crippen LogP contribution in [0.15, 0.2) is 24.3 Å². The summed E-state index contributed by atoms with van der Waals surface area (Å²) in [7, 11) is 0. The molecule has 1 saturated heterocycles. The molecule has 2 unspecified atom stereocenters. The zero-order chi connectivity index (χ0) is 17.4. The van der Waals surface area contributed by atoms with E-state index in [0.717, 1.165) is 30.8 Å². The van der Waals surface area contributed by atoms with Crippen LogP contribution in [0, 0.1) is 12.8 Å². The minimum Gasteiger partial charge on any atom is -0.355 e. The number of benzene rings is 1. The van der Waals surface area contributed by atoms with Gasteiger partial charge in [-0.2, -0.15) is 0 Å². The number of hydrogen-bond donors (Lipinski definition) is 3. The van der Waals surface area contributed by atoms with Crippen molar-refractivity contribution >= 4 is 29.3 Å². The van der Waals surface area contributed by atoms with E-state index in [4.69, 9.17) is 0 Å². The summed E-state index contributed by atoms with van der Waals surface area (Å²) in [6.07, 6.45) is 2.21. The van der Waals surface area contributed by atoms with Gasteiger partial charge in [-0.15, -0.1) is 11.8 Å². The molecule has 1 heterocycles. The molecule has 2 atom stereocenters. The highest BCUT2D eigenvalue weighted by atomic mass is 32.2. The number of amides is 2. The van der Waals surface area contributed by atoms with Crippen LogP contribution in [0.1, 0.15) is 25.3 Å². The van der Waals surface area contributed by atoms with Crippen LogP contribution in [0.4, 0.5) is 5.69 Å². The van der Waals surface area contributed by atoms with E-state index in [2.05, 4.69) is 16.0 Å². The van der Waals surface area contributed by atoms with Gasteiger partial charge < -0.3 is 16.0 Å². The van der Waals surface area contributed by atoms with Crippen LogP contribution in [0.25, 0.3) is 0 Å². The molecule has 0 radical (unpaired) electrons. The van der Waals surface area contributed by atoms with Gasteiger partial charge in [-0.25, -0.2) is 0 Å². The monoisotopic (exact) mass is 349 g/mol. The fraction of sp³-hybridized carbons (Fsp3) is 0.556. The van der Waals surface area contributed by atoms with Crippen molar-refractivity contribution in [1.82, 2.24) is 10.6 Å². The Morgan fingerprint density at radius 3 is 2.75 bits per heavy atom. The Kier molecular flexibility index (Phi) is 7.59. The van der Waals surface area contributed by atoms with Gasteiger partial charge in [-0.1, -0.05) is 17.7 Å². The molecule has 1 aliphatic heterocycles. The zero-order valence-corrected chi connectivity index (χ0v) is 15.2. The first kappa shape index (κ1) is 18.8. The molecule has 132 valence electrons. The number of carbonyl (C=O) groups is 2. The fourth-order valence-corrected chi connectivity index (χ4v) is 3.32. The van der Waals surface area contributed by atoms with Gasteiger partial charge in [0, 0.05) is 12.2 Å². The van der Waals surface area contributed by atoms with E-state index in [1.54, 1.807) is 0 Å². The minimum absolute atomic E-state index is 0.00842. The normalized spacial score (nSPS) is 18.2. The standard InChI is InChI=1S/C18H27N3O2S/c1-13-3-5-16(6-4-13)21-17(22)12-24-14(2)18(23)20-10-8-15-7-9-19-11-15/h3-6,14-15,19H,7-12H2,1-2H3,(H,20,23)(H,21,22). The van der Waals surface area contributed by atoms with Crippen molar-refractivity contribution in [1.29, 1.82) is 0 Å². The van der Waals surface area contributed by atoms with E-state index in [9.17, 15) is 9.59 Å². The number of nitrogens with one attached hydrogen (secondary N) is 3. The maximum Gasteiger partial charge on any atom is 0.234 e. The fourth-order valence-electron chi connectivity index (χ4n) is 2.61. The molecule has 6 heteroatoms.